The van der Waals surface area contributed by atoms with Gasteiger partial charge in [-0.3, -0.25) is 9.69 Å². The first kappa shape index (κ1) is 15.5. The van der Waals surface area contributed by atoms with Crippen molar-refractivity contribution in [2.75, 3.05) is 18.4 Å². The minimum Gasteiger partial charge on any atom is -0.325 e. The molecule has 0 aromatic heterocycles. The van der Waals surface area contributed by atoms with E-state index in [0.717, 1.165) is 30.6 Å². The zero-order valence-electron chi connectivity index (χ0n) is 13.8. The average Bonchev–Trinajstić information content (AvgIpc) is 2.55. The van der Waals surface area contributed by atoms with E-state index in [2.05, 4.69) is 17.1 Å². The third-order valence-electron chi connectivity index (χ3n) is 5.57. The minimum atomic E-state index is -0.0378. The van der Waals surface area contributed by atoms with Crippen molar-refractivity contribution in [3.63, 3.8) is 0 Å². The fourth-order valence-corrected chi connectivity index (χ4v) is 4.03. The third-order valence-corrected chi connectivity index (χ3v) is 5.57. The molecular formula is C19H28N2O. The number of nitrogens with zero attached hydrogens (tertiary/aromatic N) is 1. The predicted octanol–water partition coefficient (Wildman–Crippen LogP) is 3.83. The fourth-order valence-electron chi connectivity index (χ4n) is 4.03. The highest BCUT2D eigenvalue weighted by Gasteiger charge is 2.34. The summed E-state index contributed by atoms with van der Waals surface area (Å²) >= 11 is 0. The Balaban J connectivity index is 1.57. The van der Waals surface area contributed by atoms with Crippen molar-refractivity contribution in [1.82, 2.24) is 4.90 Å². The molecule has 3 rings (SSSR count). The van der Waals surface area contributed by atoms with Gasteiger partial charge in [-0.1, -0.05) is 37.0 Å². The van der Waals surface area contributed by atoms with E-state index in [1.807, 2.05) is 31.2 Å². The monoisotopic (exact) mass is 300 g/mol. The highest BCUT2D eigenvalue weighted by atomic mass is 16.2. The highest BCUT2D eigenvalue weighted by Crippen LogP contribution is 2.36. The zero-order chi connectivity index (χ0) is 15.5. The van der Waals surface area contributed by atoms with Crippen LogP contribution in [0.25, 0.3) is 0 Å². The Morgan fingerprint density at radius 2 is 1.82 bits per heavy atom. The van der Waals surface area contributed by atoms with Crippen molar-refractivity contribution >= 4 is 11.6 Å². The molecule has 1 aromatic carbocycles. The van der Waals surface area contributed by atoms with E-state index in [4.69, 9.17) is 0 Å². The van der Waals surface area contributed by atoms with Gasteiger partial charge in [-0.05, 0) is 57.2 Å². The van der Waals surface area contributed by atoms with Crippen LogP contribution in [0.5, 0.6) is 0 Å². The molecule has 1 heterocycles. The van der Waals surface area contributed by atoms with Crippen molar-refractivity contribution in [3.05, 3.63) is 29.8 Å². The topological polar surface area (TPSA) is 32.3 Å². The standard InChI is InChI=1S/C19H28N2O/c1-14-7-9-18(10-8-14)20-19(22)15(2)21-12-11-16-5-3-4-6-17(16)13-21/h7-10,15-17H,3-6,11-13H2,1-2H3,(H,20,22)/t15-,16+,17-/m0/s1. The van der Waals surface area contributed by atoms with E-state index in [1.54, 1.807) is 0 Å². The summed E-state index contributed by atoms with van der Waals surface area (Å²) in [5.74, 6) is 1.85. The first-order chi connectivity index (χ1) is 10.6. The number of carbonyl (C=O) groups excluding carboxylic acids is 1. The predicted molar refractivity (Wildman–Crippen MR) is 90.9 cm³/mol. The van der Waals surface area contributed by atoms with Crippen molar-refractivity contribution in [1.29, 1.82) is 0 Å². The van der Waals surface area contributed by atoms with Crippen LogP contribution in [0.3, 0.4) is 0 Å². The second kappa shape index (κ2) is 6.82. The maximum absolute atomic E-state index is 12.5. The number of amides is 1. The van der Waals surface area contributed by atoms with Gasteiger partial charge in [-0.2, -0.15) is 0 Å². The minimum absolute atomic E-state index is 0.0378. The van der Waals surface area contributed by atoms with E-state index in [0.29, 0.717) is 0 Å². The van der Waals surface area contributed by atoms with Gasteiger partial charge in [0.25, 0.3) is 0 Å². The first-order valence-corrected chi connectivity index (χ1v) is 8.75. The van der Waals surface area contributed by atoms with Gasteiger partial charge in [0.15, 0.2) is 0 Å². The molecule has 1 saturated carbocycles. The van der Waals surface area contributed by atoms with E-state index < -0.39 is 0 Å². The smallest absolute Gasteiger partial charge is 0.241 e. The molecule has 22 heavy (non-hydrogen) atoms. The maximum atomic E-state index is 12.5. The van der Waals surface area contributed by atoms with Crippen LogP contribution in [0.15, 0.2) is 24.3 Å². The molecule has 1 aliphatic carbocycles. The molecule has 3 nitrogen and oxygen atoms in total. The molecule has 1 aliphatic heterocycles. The molecule has 2 aliphatic rings. The Hall–Kier alpha value is -1.35. The molecule has 0 radical (unpaired) electrons. The van der Waals surface area contributed by atoms with Crippen LogP contribution < -0.4 is 5.32 Å². The van der Waals surface area contributed by atoms with Crippen LogP contribution in [0, 0.1) is 18.8 Å². The van der Waals surface area contributed by atoms with E-state index in [9.17, 15) is 4.79 Å². The number of hydrogen-bond acceptors (Lipinski definition) is 2. The number of fused-ring (bicyclic) bond motifs is 1. The summed E-state index contributed by atoms with van der Waals surface area (Å²) in [4.78, 5) is 14.9. The molecular weight excluding hydrogens is 272 g/mol. The Bertz CT molecular complexity index is 511. The fraction of sp³-hybridized carbons (Fsp3) is 0.632. The van der Waals surface area contributed by atoms with Crippen molar-refractivity contribution in [3.8, 4) is 0 Å². The first-order valence-electron chi connectivity index (χ1n) is 8.75. The summed E-state index contributed by atoms with van der Waals surface area (Å²) in [6.07, 6.45) is 6.81. The molecule has 2 fully saturated rings. The van der Waals surface area contributed by atoms with Gasteiger partial charge in [-0.25, -0.2) is 0 Å². The number of nitrogens with one attached hydrogen (secondary N) is 1. The molecule has 1 aromatic rings. The van der Waals surface area contributed by atoms with Gasteiger partial charge in [0.1, 0.15) is 0 Å². The quantitative estimate of drug-likeness (QED) is 0.920. The summed E-state index contributed by atoms with van der Waals surface area (Å²) in [6.45, 7) is 6.28. The van der Waals surface area contributed by atoms with Crippen LogP contribution in [-0.2, 0) is 4.79 Å². The Kier molecular flexibility index (Phi) is 4.82. The van der Waals surface area contributed by atoms with Crippen molar-refractivity contribution in [2.24, 2.45) is 11.8 Å². The van der Waals surface area contributed by atoms with Crippen molar-refractivity contribution < 1.29 is 4.79 Å². The van der Waals surface area contributed by atoms with Gasteiger partial charge in [0.05, 0.1) is 6.04 Å². The summed E-state index contributed by atoms with van der Waals surface area (Å²) < 4.78 is 0. The third kappa shape index (κ3) is 3.52. The van der Waals surface area contributed by atoms with E-state index >= 15 is 0 Å². The lowest BCUT2D eigenvalue weighted by atomic mass is 9.75. The molecule has 0 unspecified atom stereocenters. The number of anilines is 1. The number of likely N-dealkylation sites (tertiary alicyclic amines) is 1. The molecule has 1 saturated heterocycles. The largest absolute Gasteiger partial charge is 0.325 e. The van der Waals surface area contributed by atoms with Crippen LogP contribution in [0.4, 0.5) is 5.69 Å². The van der Waals surface area contributed by atoms with Crippen LogP contribution in [0.2, 0.25) is 0 Å². The SMILES string of the molecule is Cc1ccc(NC(=O)[C@H](C)N2CC[C@H]3CCCC[C@H]3C2)cc1. The van der Waals surface area contributed by atoms with E-state index in [-0.39, 0.29) is 11.9 Å². The number of benzene rings is 1. The Morgan fingerprint density at radius 3 is 2.55 bits per heavy atom. The van der Waals surface area contributed by atoms with Crippen LogP contribution in [0.1, 0.15) is 44.6 Å². The maximum Gasteiger partial charge on any atom is 0.241 e. The normalized spacial score (nSPS) is 27.0. The molecule has 0 bridgehead atoms. The zero-order valence-corrected chi connectivity index (χ0v) is 13.8. The van der Waals surface area contributed by atoms with Crippen molar-refractivity contribution in [2.45, 2.75) is 52.0 Å². The Labute approximate surface area is 134 Å². The lowest BCUT2D eigenvalue weighted by Gasteiger charge is -2.43. The van der Waals surface area contributed by atoms with Gasteiger partial charge in [0.2, 0.25) is 5.91 Å². The summed E-state index contributed by atoms with van der Waals surface area (Å²) in [6, 6.07) is 7.99. The molecule has 3 atom stereocenters. The summed E-state index contributed by atoms with van der Waals surface area (Å²) in [7, 11) is 0. The molecule has 1 N–H and O–H groups in total. The number of carbonyl (C=O) groups is 1. The Morgan fingerprint density at radius 1 is 1.14 bits per heavy atom. The van der Waals surface area contributed by atoms with E-state index in [1.165, 1.54) is 37.7 Å². The molecule has 120 valence electrons. The van der Waals surface area contributed by atoms with Gasteiger partial charge in [0, 0.05) is 12.2 Å². The lowest BCUT2D eigenvalue weighted by molar-refractivity contribution is -0.122. The number of piperidine rings is 1. The molecule has 3 heteroatoms. The number of rotatable bonds is 3. The van der Waals surface area contributed by atoms with Gasteiger partial charge in [-0.15, -0.1) is 0 Å². The summed E-state index contributed by atoms with van der Waals surface area (Å²) in [5, 5.41) is 3.06. The second-order valence-electron chi connectivity index (χ2n) is 7.12. The van der Waals surface area contributed by atoms with Gasteiger partial charge >= 0.3 is 0 Å². The number of aryl methyl sites for hydroxylation is 1. The average molecular weight is 300 g/mol. The lowest BCUT2D eigenvalue weighted by Crippen LogP contribution is -2.49. The van der Waals surface area contributed by atoms with Crippen LogP contribution in [-0.4, -0.2) is 29.9 Å². The molecule has 0 spiro atoms. The summed E-state index contributed by atoms with van der Waals surface area (Å²) in [5.41, 5.74) is 2.11. The second-order valence-corrected chi connectivity index (χ2v) is 7.12. The van der Waals surface area contributed by atoms with Gasteiger partial charge < -0.3 is 5.32 Å². The van der Waals surface area contributed by atoms with Crippen LogP contribution >= 0.6 is 0 Å². The highest BCUT2D eigenvalue weighted by molar-refractivity contribution is 5.94. The molecule has 1 amide bonds. The number of hydrogen-bond donors (Lipinski definition) is 1.